The van der Waals surface area contributed by atoms with Crippen LogP contribution in [-0.2, 0) is 6.54 Å². The maximum atomic E-state index is 12.8. The normalized spacial score (nSPS) is 11.8. The quantitative estimate of drug-likeness (QED) is 0.741. The van der Waals surface area contributed by atoms with E-state index >= 15 is 0 Å². The molecule has 2 N–H and O–H groups in total. The Balaban J connectivity index is 2.33. The number of fused-ring (bicyclic) bond motifs is 3. The van der Waals surface area contributed by atoms with Crippen LogP contribution in [-0.4, -0.2) is 31.1 Å². The molecule has 0 spiro atoms. The van der Waals surface area contributed by atoms with Crippen LogP contribution in [0.15, 0.2) is 27.8 Å². The van der Waals surface area contributed by atoms with E-state index in [1.54, 1.807) is 18.2 Å². The van der Waals surface area contributed by atoms with Crippen molar-refractivity contribution in [2.24, 2.45) is 5.92 Å². The lowest BCUT2D eigenvalue weighted by molar-refractivity contribution is 0.0943. The Morgan fingerprint density at radius 1 is 1.24 bits per heavy atom. The van der Waals surface area contributed by atoms with E-state index in [0.717, 1.165) is 0 Å². The van der Waals surface area contributed by atoms with Gasteiger partial charge in [-0.05, 0) is 38.0 Å². The molecule has 1 aromatic carbocycles. The SMILES string of the molecule is CC(C)Cn1c(=O)c2ccc(C(=O)NC(C)C)cc2n2c(=O)[nH]nc12. The Kier molecular flexibility index (Phi) is 4.20. The largest absolute Gasteiger partial charge is 0.350 e. The summed E-state index contributed by atoms with van der Waals surface area (Å²) in [5.41, 5.74) is 0.0803. The van der Waals surface area contributed by atoms with Crippen LogP contribution in [0.3, 0.4) is 0 Å². The summed E-state index contributed by atoms with van der Waals surface area (Å²) in [6, 6.07) is 4.72. The lowest BCUT2D eigenvalue weighted by Gasteiger charge is -2.13. The molecule has 1 amide bonds. The fourth-order valence-electron chi connectivity index (χ4n) is 2.84. The Bertz CT molecular complexity index is 1070. The summed E-state index contributed by atoms with van der Waals surface area (Å²) in [6.45, 7) is 8.14. The molecular weight excluding hydrogens is 322 g/mol. The van der Waals surface area contributed by atoms with Crippen molar-refractivity contribution in [1.82, 2.24) is 24.5 Å². The molecule has 0 aliphatic rings. The van der Waals surface area contributed by atoms with Crippen molar-refractivity contribution in [1.29, 1.82) is 0 Å². The van der Waals surface area contributed by atoms with Gasteiger partial charge in [0.2, 0.25) is 5.78 Å². The standard InChI is InChI=1S/C17H21N5O3/c1-9(2)8-21-15(24)12-6-5-11(14(23)18-10(3)4)7-13(12)22-16(21)19-20-17(22)25/h5-7,9-10H,8H2,1-4H3,(H,18,23)(H,20,25). The second-order valence-corrected chi connectivity index (χ2v) is 6.83. The zero-order valence-corrected chi connectivity index (χ0v) is 14.7. The van der Waals surface area contributed by atoms with Gasteiger partial charge in [0.15, 0.2) is 0 Å². The van der Waals surface area contributed by atoms with Gasteiger partial charge < -0.3 is 5.32 Å². The predicted octanol–water partition coefficient (Wildman–Crippen LogP) is 1.13. The number of aromatic nitrogens is 4. The second kappa shape index (κ2) is 6.19. The first-order chi connectivity index (χ1) is 11.8. The van der Waals surface area contributed by atoms with Crippen molar-refractivity contribution in [2.75, 3.05) is 0 Å². The Labute approximate surface area is 143 Å². The van der Waals surface area contributed by atoms with Gasteiger partial charge in [-0.1, -0.05) is 13.8 Å². The third-order valence-corrected chi connectivity index (χ3v) is 3.84. The number of hydrogen-bond donors (Lipinski definition) is 2. The van der Waals surface area contributed by atoms with E-state index in [4.69, 9.17) is 0 Å². The summed E-state index contributed by atoms with van der Waals surface area (Å²) in [6.07, 6.45) is 0. The van der Waals surface area contributed by atoms with Crippen molar-refractivity contribution < 1.29 is 4.79 Å². The molecule has 25 heavy (non-hydrogen) atoms. The molecule has 0 aliphatic heterocycles. The molecule has 0 atom stereocenters. The minimum atomic E-state index is -0.445. The van der Waals surface area contributed by atoms with E-state index in [1.165, 1.54) is 8.97 Å². The summed E-state index contributed by atoms with van der Waals surface area (Å²) < 4.78 is 2.82. The lowest BCUT2D eigenvalue weighted by atomic mass is 10.1. The van der Waals surface area contributed by atoms with Crippen LogP contribution in [0, 0.1) is 5.92 Å². The van der Waals surface area contributed by atoms with E-state index in [1.807, 2.05) is 27.7 Å². The van der Waals surface area contributed by atoms with Gasteiger partial charge in [-0.2, -0.15) is 0 Å². The number of nitrogens with zero attached hydrogens (tertiary/aromatic N) is 3. The monoisotopic (exact) mass is 343 g/mol. The van der Waals surface area contributed by atoms with Gasteiger partial charge in [0.1, 0.15) is 0 Å². The van der Waals surface area contributed by atoms with Crippen LogP contribution >= 0.6 is 0 Å². The zero-order chi connectivity index (χ0) is 18.3. The van der Waals surface area contributed by atoms with E-state index in [-0.39, 0.29) is 29.2 Å². The van der Waals surface area contributed by atoms with Crippen LogP contribution in [0.4, 0.5) is 0 Å². The average Bonchev–Trinajstić information content (AvgIpc) is 2.92. The van der Waals surface area contributed by atoms with Gasteiger partial charge in [-0.3, -0.25) is 14.2 Å². The van der Waals surface area contributed by atoms with Crippen LogP contribution in [0.1, 0.15) is 38.1 Å². The first kappa shape index (κ1) is 16.9. The number of nitrogens with one attached hydrogen (secondary N) is 2. The molecule has 0 radical (unpaired) electrons. The highest BCUT2D eigenvalue weighted by Gasteiger charge is 2.17. The van der Waals surface area contributed by atoms with E-state index < -0.39 is 5.69 Å². The summed E-state index contributed by atoms with van der Waals surface area (Å²) >= 11 is 0. The highest BCUT2D eigenvalue weighted by Crippen LogP contribution is 2.14. The van der Waals surface area contributed by atoms with Crippen LogP contribution in [0.2, 0.25) is 0 Å². The highest BCUT2D eigenvalue weighted by molar-refractivity contribution is 5.98. The number of aromatic amines is 1. The zero-order valence-electron chi connectivity index (χ0n) is 14.7. The molecule has 0 bridgehead atoms. The number of carbonyl (C=O) groups is 1. The molecule has 0 saturated carbocycles. The number of carbonyl (C=O) groups excluding carboxylic acids is 1. The maximum absolute atomic E-state index is 12.8. The van der Waals surface area contributed by atoms with Gasteiger partial charge in [-0.15, -0.1) is 5.10 Å². The van der Waals surface area contributed by atoms with Crippen LogP contribution in [0.25, 0.3) is 16.7 Å². The van der Waals surface area contributed by atoms with Crippen molar-refractivity contribution in [3.8, 4) is 0 Å². The first-order valence-electron chi connectivity index (χ1n) is 8.24. The fraction of sp³-hybridized carbons (Fsp3) is 0.412. The molecular formula is C17H21N5O3. The van der Waals surface area contributed by atoms with E-state index in [9.17, 15) is 14.4 Å². The van der Waals surface area contributed by atoms with Gasteiger partial charge in [0, 0.05) is 18.2 Å². The molecule has 0 saturated heterocycles. The Morgan fingerprint density at radius 3 is 2.60 bits per heavy atom. The van der Waals surface area contributed by atoms with Gasteiger partial charge in [-0.25, -0.2) is 14.3 Å². The molecule has 3 rings (SSSR count). The van der Waals surface area contributed by atoms with Crippen LogP contribution in [0.5, 0.6) is 0 Å². The smallest absolute Gasteiger partial charge is 0.349 e. The van der Waals surface area contributed by atoms with Gasteiger partial charge in [0.05, 0.1) is 10.9 Å². The molecule has 3 aromatic rings. The predicted molar refractivity (Wildman–Crippen MR) is 95.0 cm³/mol. The third-order valence-electron chi connectivity index (χ3n) is 3.84. The van der Waals surface area contributed by atoms with Crippen molar-refractivity contribution >= 4 is 22.6 Å². The molecule has 2 aromatic heterocycles. The van der Waals surface area contributed by atoms with E-state index in [0.29, 0.717) is 23.0 Å². The summed E-state index contributed by atoms with van der Waals surface area (Å²) in [5, 5.41) is 9.55. The number of H-pyrrole nitrogens is 1. The molecule has 0 unspecified atom stereocenters. The van der Waals surface area contributed by atoms with Crippen LogP contribution < -0.4 is 16.6 Å². The molecule has 8 heteroatoms. The Hall–Kier alpha value is -2.90. The maximum Gasteiger partial charge on any atom is 0.349 e. The van der Waals surface area contributed by atoms with Gasteiger partial charge in [0.25, 0.3) is 11.5 Å². The molecule has 0 aliphatic carbocycles. The second-order valence-electron chi connectivity index (χ2n) is 6.83. The minimum Gasteiger partial charge on any atom is -0.350 e. The molecule has 132 valence electrons. The summed E-state index contributed by atoms with van der Waals surface area (Å²) in [7, 11) is 0. The minimum absolute atomic E-state index is 0.0149. The van der Waals surface area contributed by atoms with Crippen molar-refractivity contribution in [3.63, 3.8) is 0 Å². The third kappa shape index (κ3) is 2.95. The number of amides is 1. The topological polar surface area (TPSA) is 101 Å². The van der Waals surface area contributed by atoms with E-state index in [2.05, 4.69) is 15.5 Å². The average molecular weight is 343 g/mol. The van der Waals surface area contributed by atoms with Crippen molar-refractivity contribution in [3.05, 3.63) is 44.6 Å². The number of rotatable bonds is 4. The molecule has 0 fully saturated rings. The summed E-state index contributed by atoms with van der Waals surface area (Å²) in [4.78, 5) is 37.3. The highest BCUT2D eigenvalue weighted by atomic mass is 16.2. The number of benzene rings is 1. The fourth-order valence-corrected chi connectivity index (χ4v) is 2.84. The van der Waals surface area contributed by atoms with Gasteiger partial charge >= 0.3 is 5.69 Å². The molecule has 8 nitrogen and oxygen atoms in total. The molecule has 2 heterocycles. The number of hydrogen-bond acceptors (Lipinski definition) is 4. The van der Waals surface area contributed by atoms with Crippen molar-refractivity contribution in [2.45, 2.75) is 40.3 Å². The summed E-state index contributed by atoms with van der Waals surface area (Å²) in [5.74, 6) is 0.201. The first-order valence-corrected chi connectivity index (χ1v) is 8.24. The Morgan fingerprint density at radius 2 is 1.96 bits per heavy atom. The lowest BCUT2D eigenvalue weighted by Crippen LogP contribution is -2.30.